The SMILES string of the molecule is CC1CN(C(C(=O)NC2CC2)c2ccccc2)CCN1C1CCN(C)CC1. The smallest absolute Gasteiger partial charge is 0.242 e. The van der Waals surface area contributed by atoms with Crippen LogP contribution >= 0.6 is 0 Å². The second-order valence-electron chi connectivity index (χ2n) is 8.71. The molecule has 1 aromatic rings. The van der Waals surface area contributed by atoms with Crippen LogP contribution in [0.2, 0.25) is 0 Å². The van der Waals surface area contributed by atoms with Gasteiger partial charge in [-0.1, -0.05) is 30.3 Å². The summed E-state index contributed by atoms with van der Waals surface area (Å²) in [7, 11) is 2.22. The molecule has 2 aliphatic heterocycles. The van der Waals surface area contributed by atoms with Gasteiger partial charge in [0.05, 0.1) is 0 Å². The van der Waals surface area contributed by atoms with Crippen molar-refractivity contribution in [1.82, 2.24) is 20.0 Å². The van der Waals surface area contributed by atoms with E-state index in [1.807, 2.05) is 18.2 Å². The van der Waals surface area contributed by atoms with Crippen LogP contribution in [0.3, 0.4) is 0 Å². The molecular weight excluding hydrogens is 336 g/mol. The molecule has 1 saturated carbocycles. The summed E-state index contributed by atoms with van der Waals surface area (Å²) >= 11 is 0. The van der Waals surface area contributed by atoms with Gasteiger partial charge in [-0.15, -0.1) is 0 Å². The van der Waals surface area contributed by atoms with Crippen molar-refractivity contribution < 1.29 is 4.79 Å². The van der Waals surface area contributed by atoms with Crippen molar-refractivity contribution in [2.75, 3.05) is 39.8 Å². The number of piperazine rings is 1. The lowest BCUT2D eigenvalue weighted by atomic mass is 9.98. The molecule has 27 heavy (non-hydrogen) atoms. The van der Waals surface area contributed by atoms with E-state index in [0.717, 1.165) is 38.0 Å². The van der Waals surface area contributed by atoms with Crippen molar-refractivity contribution in [2.45, 2.75) is 56.8 Å². The van der Waals surface area contributed by atoms with Crippen LogP contribution in [0.15, 0.2) is 30.3 Å². The highest BCUT2D eigenvalue weighted by Gasteiger charge is 2.37. The van der Waals surface area contributed by atoms with Gasteiger partial charge in [0.1, 0.15) is 6.04 Å². The first-order chi connectivity index (χ1) is 13.1. The second-order valence-corrected chi connectivity index (χ2v) is 8.71. The average Bonchev–Trinajstić information content (AvgIpc) is 3.48. The number of hydrogen-bond acceptors (Lipinski definition) is 4. The molecule has 4 rings (SSSR count). The third-order valence-electron chi connectivity index (χ3n) is 6.52. The Kier molecular flexibility index (Phi) is 5.81. The van der Waals surface area contributed by atoms with E-state index in [9.17, 15) is 4.79 Å². The zero-order chi connectivity index (χ0) is 18.8. The van der Waals surface area contributed by atoms with Crippen molar-refractivity contribution in [3.05, 3.63) is 35.9 Å². The number of amides is 1. The minimum atomic E-state index is -0.158. The Morgan fingerprint density at radius 1 is 1.04 bits per heavy atom. The van der Waals surface area contributed by atoms with Gasteiger partial charge in [0, 0.05) is 37.8 Å². The fourth-order valence-electron chi connectivity index (χ4n) is 4.77. The molecular formula is C22H34N4O. The van der Waals surface area contributed by atoms with Crippen molar-refractivity contribution in [3.63, 3.8) is 0 Å². The number of nitrogens with zero attached hydrogens (tertiary/aromatic N) is 3. The maximum atomic E-state index is 13.0. The summed E-state index contributed by atoms with van der Waals surface area (Å²) in [6.45, 7) is 7.74. The number of likely N-dealkylation sites (tertiary alicyclic amines) is 1. The molecule has 1 aliphatic carbocycles. The van der Waals surface area contributed by atoms with Gasteiger partial charge in [-0.3, -0.25) is 14.6 Å². The van der Waals surface area contributed by atoms with E-state index >= 15 is 0 Å². The van der Waals surface area contributed by atoms with Gasteiger partial charge >= 0.3 is 0 Å². The lowest BCUT2D eigenvalue weighted by molar-refractivity contribution is -0.128. The number of carbonyl (C=O) groups is 1. The number of nitrogens with one attached hydrogen (secondary N) is 1. The molecule has 3 fully saturated rings. The van der Waals surface area contributed by atoms with Crippen LogP contribution in [-0.2, 0) is 4.79 Å². The Balaban J connectivity index is 1.44. The average molecular weight is 371 g/mol. The molecule has 2 saturated heterocycles. The van der Waals surface area contributed by atoms with Gasteiger partial charge in [0.2, 0.25) is 5.91 Å². The molecule has 5 heteroatoms. The third-order valence-corrected chi connectivity index (χ3v) is 6.52. The van der Waals surface area contributed by atoms with Crippen LogP contribution in [0, 0.1) is 0 Å². The Morgan fingerprint density at radius 3 is 2.37 bits per heavy atom. The highest BCUT2D eigenvalue weighted by Crippen LogP contribution is 2.29. The van der Waals surface area contributed by atoms with Gasteiger partial charge in [-0.25, -0.2) is 0 Å². The lowest BCUT2D eigenvalue weighted by Gasteiger charge is -2.47. The van der Waals surface area contributed by atoms with E-state index in [0.29, 0.717) is 18.1 Å². The molecule has 0 bridgehead atoms. The monoisotopic (exact) mass is 370 g/mol. The molecule has 3 aliphatic rings. The first kappa shape index (κ1) is 18.9. The van der Waals surface area contributed by atoms with Crippen LogP contribution < -0.4 is 5.32 Å². The summed E-state index contributed by atoms with van der Waals surface area (Å²) in [6, 6.07) is 11.8. The molecule has 0 spiro atoms. The maximum absolute atomic E-state index is 13.0. The molecule has 2 atom stereocenters. The Bertz CT molecular complexity index is 624. The van der Waals surface area contributed by atoms with Crippen LogP contribution in [-0.4, -0.2) is 78.5 Å². The van der Waals surface area contributed by atoms with E-state index in [4.69, 9.17) is 0 Å². The van der Waals surface area contributed by atoms with Crippen LogP contribution in [0.4, 0.5) is 0 Å². The lowest BCUT2D eigenvalue weighted by Crippen LogP contribution is -2.59. The van der Waals surface area contributed by atoms with Gasteiger partial charge in [0.15, 0.2) is 0 Å². The summed E-state index contributed by atoms with van der Waals surface area (Å²) in [5.41, 5.74) is 1.12. The third kappa shape index (κ3) is 4.53. The Hall–Kier alpha value is -1.43. The van der Waals surface area contributed by atoms with E-state index in [1.165, 1.54) is 25.9 Å². The van der Waals surface area contributed by atoms with Gasteiger partial charge < -0.3 is 10.2 Å². The highest BCUT2D eigenvalue weighted by atomic mass is 16.2. The number of carbonyl (C=O) groups excluding carboxylic acids is 1. The summed E-state index contributed by atoms with van der Waals surface area (Å²) in [5, 5.41) is 3.24. The molecule has 2 heterocycles. The molecule has 1 amide bonds. The molecule has 2 unspecified atom stereocenters. The largest absolute Gasteiger partial charge is 0.352 e. The minimum Gasteiger partial charge on any atom is -0.352 e. The molecule has 0 aromatic heterocycles. The first-order valence-corrected chi connectivity index (χ1v) is 10.7. The standard InChI is InChI=1S/C22H34N4O/c1-17-16-25(14-15-26(17)20-10-12-24(2)13-11-20)21(18-6-4-3-5-7-18)22(27)23-19-8-9-19/h3-7,17,19-21H,8-16H2,1-2H3,(H,23,27). The zero-order valence-electron chi connectivity index (χ0n) is 16.8. The summed E-state index contributed by atoms with van der Waals surface area (Å²) in [5.74, 6) is 0.184. The van der Waals surface area contributed by atoms with Crippen molar-refractivity contribution >= 4 is 5.91 Å². The molecule has 1 N–H and O–H groups in total. The Morgan fingerprint density at radius 2 is 1.74 bits per heavy atom. The first-order valence-electron chi connectivity index (χ1n) is 10.7. The quantitative estimate of drug-likeness (QED) is 0.862. The van der Waals surface area contributed by atoms with E-state index in [1.54, 1.807) is 0 Å². The number of rotatable bonds is 5. The Labute approximate surface area is 163 Å². The zero-order valence-corrected chi connectivity index (χ0v) is 16.8. The predicted octanol–water partition coefficient (Wildman–Crippen LogP) is 2.11. The van der Waals surface area contributed by atoms with Gasteiger partial charge in [-0.05, 0) is 58.3 Å². The summed E-state index contributed by atoms with van der Waals surface area (Å²) in [4.78, 5) is 20.6. The summed E-state index contributed by atoms with van der Waals surface area (Å²) in [6.07, 6.45) is 4.80. The summed E-state index contributed by atoms with van der Waals surface area (Å²) < 4.78 is 0. The van der Waals surface area contributed by atoms with Crippen molar-refractivity contribution in [1.29, 1.82) is 0 Å². The minimum absolute atomic E-state index is 0.158. The molecule has 0 radical (unpaired) electrons. The van der Waals surface area contributed by atoms with E-state index < -0.39 is 0 Å². The molecule has 5 nitrogen and oxygen atoms in total. The van der Waals surface area contributed by atoms with Crippen LogP contribution in [0.25, 0.3) is 0 Å². The normalized spacial score (nSPS) is 27.4. The van der Waals surface area contributed by atoms with E-state index in [2.05, 4.69) is 46.1 Å². The second kappa shape index (κ2) is 8.29. The number of piperidine rings is 1. The van der Waals surface area contributed by atoms with E-state index in [-0.39, 0.29) is 11.9 Å². The van der Waals surface area contributed by atoms with Gasteiger partial charge in [0.25, 0.3) is 0 Å². The fraction of sp³-hybridized carbons (Fsp3) is 0.682. The topological polar surface area (TPSA) is 38.8 Å². The predicted molar refractivity (Wildman–Crippen MR) is 109 cm³/mol. The molecule has 148 valence electrons. The highest BCUT2D eigenvalue weighted by molar-refractivity contribution is 5.83. The van der Waals surface area contributed by atoms with Gasteiger partial charge in [-0.2, -0.15) is 0 Å². The fourth-order valence-corrected chi connectivity index (χ4v) is 4.77. The molecule has 1 aromatic carbocycles. The number of hydrogen-bond donors (Lipinski definition) is 1. The van der Waals surface area contributed by atoms with Crippen LogP contribution in [0.5, 0.6) is 0 Å². The van der Waals surface area contributed by atoms with Crippen LogP contribution in [0.1, 0.15) is 44.2 Å². The van der Waals surface area contributed by atoms with Crippen molar-refractivity contribution in [3.8, 4) is 0 Å². The number of benzene rings is 1. The van der Waals surface area contributed by atoms with Crippen molar-refractivity contribution in [2.24, 2.45) is 0 Å². The maximum Gasteiger partial charge on any atom is 0.242 e.